The number of amides is 5. The third-order valence-corrected chi connectivity index (χ3v) is 16.6. The molecule has 14 nitrogen and oxygen atoms in total. The lowest BCUT2D eigenvalue weighted by atomic mass is 9.54. The van der Waals surface area contributed by atoms with E-state index in [9.17, 15) is 33.9 Å². The summed E-state index contributed by atoms with van der Waals surface area (Å²) in [5.74, 6) is -3.29. The van der Waals surface area contributed by atoms with Crippen LogP contribution >= 0.6 is 23.2 Å². The summed E-state index contributed by atoms with van der Waals surface area (Å²) in [6, 6.07) is 13.7. The van der Waals surface area contributed by atoms with E-state index in [0.717, 1.165) is 24.8 Å². The monoisotopic (exact) mass is 941 g/mol. The highest BCUT2D eigenvalue weighted by molar-refractivity contribution is 6.31. The van der Waals surface area contributed by atoms with Crippen molar-refractivity contribution in [3.8, 4) is 0 Å². The van der Waals surface area contributed by atoms with Crippen molar-refractivity contribution in [2.75, 3.05) is 25.0 Å². The first kappa shape index (κ1) is 44.7. The number of halogens is 3. The van der Waals surface area contributed by atoms with Crippen LogP contribution in [0.4, 0.5) is 10.1 Å². The Labute approximate surface area is 390 Å². The Bertz CT molecular complexity index is 2730. The van der Waals surface area contributed by atoms with Crippen molar-refractivity contribution in [2.24, 2.45) is 18.9 Å². The molecule has 5 heterocycles. The topological polar surface area (TPSA) is 184 Å². The molecule has 3 aromatic carbocycles. The molecular weight excluding hydrogens is 888 g/mol. The Hall–Kier alpha value is -5.09. The average Bonchev–Trinajstić information content (AvgIpc) is 3.87. The number of rotatable bonds is 7. The van der Waals surface area contributed by atoms with Gasteiger partial charge in [0, 0.05) is 67.3 Å². The molecule has 0 radical (unpaired) electrons. The first-order chi connectivity index (χ1) is 31.7. The van der Waals surface area contributed by atoms with Crippen LogP contribution in [0.1, 0.15) is 112 Å². The number of aliphatic hydroxyl groups excluding tert-OH is 1. The second-order valence-electron chi connectivity index (χ2n) is 19.5. The van der Waals surface area contributed by atoms with Crippen LogP contribution in [0.15, 0.2) is 59.4 Å². The molecule has 0 bridgehead atoms. The van der Waals surface area contributed by atoms with Crippen LogP contribution in [0.3, 0.4) is 0 Å². The number of hydrogen-bond acceptors (Lipinski definition) is 8. The number of imide groups is 1. The predicted molar refractivity (Wildman–Crippen MR) is 246 cm³/mol. The number of likely N-dealkylation sites (tertiary alicyclic amines) is 1. The number of imidazole rings is 1. The number of carbonyl (C=O) groups is 5. The summed E-state index contributed by atoms with van der Waals surface area (Å²) in [4.78, 5) is 83.4. The van der Waals surface area contributed by atoms with Crippen LogP contribution in [0.5, 0.6) is 0 Å². The summed E-state index contributed by atoms with van der Waals surface area (Å²) >= 11 is 12.9. The van der Waals surface area contributed by atoms with Gasteiger partial charge >= 0.3 is 5.69 Å². The minimum atomic E-state index is -1.44. The number of aromatic nitrogens is 2. The Balaban J connectivity index is 0.826. The molecule has 2 aliphatic carbocycles. The van der Waals surface area contributed by atoms with Crippen molar-refractivity contribution in [1.82, 2.24) is 30.0 Å². The van der Waals surface area contributed by atoms with Crippen LogP contribution in [0.25, 0.3) is 11.0 Å². The number of aliphatic hydroxyl groups is 1. The number of fused-ring (bicyclic) bond motifs is 4. The molecule has 4 aliphatic heterocycles. The molecule has 4 aromatic rings. The second kappa shape index (κ2) is 17.2. The van der Waals surface area contributed by atoms with Crippen molar-refractivity contribution in [3.63, 3.8) is 0 Å². The van der Waals surface area contributed by atoms with Crippen LogP contribution in [0.2, 0.25) is 10.0 Å². The van der Waals surface area contributed by atoms with E-state index in [4.69, 9.17) is 23.2 Å². The van der Waals surface area contributed by atoms with Crippen LogP contribution in [-0.4, -0.2) is 86.0 Å². The van der Waals surface area contributed by atoms with Crippen molar-refractivity contribution in [1.29, 1.82) is 0 Å². The lowest BCUT2D eigenvalue weighted by Crippen LogP contribution is -2.61. The minimum Gasteiger partial charge on any atom is -0.396 e. The summed E-state index contributed by atoms with van der Waals surface area (Å²) in [6.45, 7) is 1.09. The first-order valence-corrected chi connectivity index (χ1v) is 24.1. The first-order valence-electron chi connectivity index (χ1n) is 23.3. The molecule has 5 amide bonds. The van der Waals surface area contributed by atoms with Gasteiger partial charge in [-0.15, -0.1) is 0 Å². The van der Waals surface area contributed by atoms with Crippen LogP contribution in [0, 0.1) is 17.7 Å². The molecule has 2 spiro atoms. The van der Waals surface area contributed by atoms with Crippen molar-refractivity contribution >= 4 is 69.5 Å². The number of benzene rings is 3. The smallest absolute Gasteiger partial charge is 0.329 e. The zero-order valence-electron chi connectivity index (χ0n) is 36.7. The molecular formula is C49H54Cl2FN7O7. The van der Waals surface area contributed by atoms with Crippen molar-refractivity contribution in [2.45, 2.75) is 118 Å². The fourth-order valence-electron chi connectivity index (χ4n) is 12.9. The maximum atomic E-state index is 16.4. The molecule has 5 fully saturated rings. The Morgan fingerprint density at radius 1 is 0.909 bits per heavy atom. The van der Waals surface area contributed by atoms with E-state index in [1.807, 2.05) is 23.1 Å². The molecule has 10 rings (SSSR count). The molecule has 6 atom stereocenters. The van der Waals surface area contributed by atoms with Gasteiger partial charge in [-0.2, -0.15) is 0 Å². The van der Waals surface area contributed by atoms with E-state index in [1.165, 1.54) is 10.6 Å². The number of anilines is 1. The van der Waals surface area contributed by atoms with Gasteiger partial charge in [-0.25, -0.2) is 9.18 Å². The van der Waals surface area contributed by atoms with E-state index < -0.39 is 40.7 Å². The van der Waals surface area contributed by atoms with E-state index >= 15 is 4.39 Å². The quantitative estimate of drug-likeness (QED) is 0.146. The molecule has 5 N–H and O–H groups in total. The molecule has 3 unspecified atom stereocenters. The zero-order valence-corrected chi connectivity index (χ0v) is 38.2. The molecule has 3 saturated heterocycles. The third-order valence-electron chi connectivity index (χ3n) is 16.0. The summed E-state index contributed by atoms with van der Waals surface area (Å²) in [7, 11) is 1.69. The van der Waals surface area contributed by atoms with E-state index in [0.29, 0.717) is 85.3 Å². The summed E-state index contributed by atoms with van der Waals surface area (Å²) < 4.78 is 19.5. The molecule has 1 aromatic heterocycles. The highest BCUT2D eigenvalue weighted by Gasteiger charge is 2.73. The summed E-state index contributed by atoms with van der Waals surface area (Å²) in [6.07, 6.45) is 6.62. The number of nitrogens with one attached hydrogen (secondary N) is 4. The fourth-order valence-corrected chi connectivity index (χ4v) is 13.2. The Morgan fingerprint density at radius 3 is 2.42 bits per heavy atom. The van der Waals surface area contributed by atoms with Gasteiger partial charge in [0.05, 0.1) is 22.1 Å². The van der Waals surface area contributed by atoms with Gasteiger partial charge in [0.25, 0.3) is 0 Å². The van der Waals surface area contributed by atoms with Gasteiger partial charge in [-0.05, 0) is 123 Å². The van der Waals surface area contributed by atoms with E-state index in [2.05, 4.69) is 21.3 Å². The van der Waals surface area contributed by atoms with Gasteiger partial charge in [-0.3, -0.25) is 43.7 Å². The normalized spacial score (nSPS) is 30.2. The lowest BCUT2D eigenvalue weighted by molar-refractivity contribution is -0.138. The van der Waals surface area contributed by atoms with E-state index in [1.54, 1.807) is 41.9 Å². The minimum absolute atomic E-state index is 0.0914. The molecule has 6 aliphatic rings. The molecule has 2 saturated carbocycles. The molecule has 348 valence electrons. The fraction of sp³-hybridized carbons (Fsp3) is 0.510. The number of nitrogens with zero attached hydrogens (tertiary/aromatic N) is 3. The number of piperidine rings is 2. The highest BCUT2D eigenvalue weighted by Crippen LogP contribution is 2.63. The SMILES string of the molecule is Cn1c(=O)n(C2CCC(=O)NC2=O)c2ccc(C3CCN(C(=O)C4CCC(NC(=O)[C@@H]5NC6(CCCC(CO)C6)[C@@]6(C(=O)Nc7cc(Cl)ccc76)[C@H]5c5cccc(Cl)c5F)CC4)CC3)cc21. The maximum Gasteiger partial charge on any atom is 0.329 e. The predicted octanol–water partition coefficient (Wildman–Crippen LogP) is 5.71. The second-order valence-corrected chi connectivity index (χ2v) is 20.3. The van der Waals surface area contributed by atoms with Crippen LogP contribution < -0.4 is 27.0 Å². The number of hydrogen-bond donors (Lipinski definition) is 5. The largest absolute Gasteiger partial charge is 0.396 e. The third kappa shape index (κ3) is 7.18. The highest BCUT2D eigenvalue weighted by atomic mass is 35.5. The van der Waals surface area contributed by atoms with Gasteiger partial charge in [0.2, 0.25) is 29.5 Å². The summed E-state index contributed by atoms with van der Waals surface area (Å²) in [5.41, 5.74) is 0.931. The lowest BCUT2D eigenvalue weighted by Gasteiger charge is -2.48. The van der Waals surface area contributed by atoms with Crippen molar-refractivity contribution < 1.29 is 33.5 Å². The van der Waals surface area contributed by atoms with Crippen LogP contribution in [-0.2, 0) is 36.4 Å². The summed E-state index contributed by atoms with van der Waals surface area (Å²) in [5, 5.41) is 23.1. The van der Waals surface area contributed by atoms with Gasteiger partial charge in [0.1, 0.15) is 17.3 Å². The molecule has 66 heavy (non-hydrogen) atoms. The van der Waals surface area contributed by atoms with Gasteiger partial charge in [-0.1, -0.05) is 53.9 Å². The van der Waals surface area contributed by atoms with E-state index in [-0.39, 0.29) is 83.1 Å². The van der Waals surface area contributed by atoms with Gasteiger partial charge in [0.15, 0.2) is 0 Å². The Morgan fingerprint density at radius 2 is 1.68 bits per heavy atom. The average molecular weight is 943 g/mol. The molecule has 17 heteroatoms. The zero-order chi connectivity index (χ0) is 46.2. The maximum absolute atomic E-state index is 16.4. The van der Waals surface area contributed by atoms with Crippen molar-refractivity contribution in [3.05, 3.63) is 97.6 Å². The Kier molecular flexibility index (Phi) is 11.7. The number of carbonyl (C=O) groups excluding carboxylic acids is 5. The van der Waals surface area contributed by atoms with Gasteiger partial charge < -0.3 is 20.6 Å². The number of aryl methyl sites for hydroxylation is 1. The standard InChI is InChI=1S/C49H54Cl2FN7O7/c1-57-38-22-29(9-14-36(38)59(47(57)66)37-15-16-39(61)55-43(37)62)27-17-20-58(21-18-27)45(64)28-7-11-31(12-8-28)53-44(63)42-40(32-5-2-6-34(51)41(32)52)49(48(56-42)19-3-4-26(24-48)25-60)33-13-10-30(50)23-35(33)54-46(49)65/h2,5-6,9-10,13-14,22-23,26-28,31,37,40,42,56,60H,3-4,7-8,11-12,15-21,24-25H2,1H3,(H,53,63)(H,54,65)(H,55,61,62)/t26?,28?,31?,37?,40-,42+,48?,49+/m0/s1.